The number of carbonyl (C=O) groups excluding carboxylic acids is 1. The molecule has 2 atom stereocenters. The van der Waals surface area contributed by atoms with Crippen LogP contribution in [0.15, 0.2) is 72.8 Å². The van der Waals surface area contributed by atoms with E-state index in [1.165, 1.54) is 23.5 Å². The zero-order valence-corrected chi connectivity index (χ0v) is 22.9. The number of carboxylic acid groups (broad SMARTS) is 1. The van der Waals surface area contributed by atoms with E-state index in [4.69, 9.17) is 11.6 Å². The van der Waals surface area contributed by atoms with E-state index in [1.807, 2.05) is 54.7 Å². The van der Waals surface area contributed by atoms with Crippen molar-refractivity contribution in [3.8, 4) is 17.1 Å². The van der Waals surface area contributed by atoms with E-state index >= 15 is 0 Å². The lowest BCUT2D eigenvalue weighted by Crippen LogP contribution is -2.45. The van der Waals surface area contributed by atoms with Crippen LogP contribution in [-0.4, -0.2) is 47.9 Å². The van der Waals surface area contributed by atoms with Crippen LogP contribution in [0.5, 0.6) is 5.75 Å². The maximum atomic E-state index is 13.2. The molecule has 5 aromatic rings. The first-order valence-electron chi connectivity index (χ1n) is 12.7. The van der Waals surface area contributed by atoms with Crippen molar-refractivity contribution < 1.29 is 19.8 Å². The summed E-state index contributed by atoms with van der Waals surface area (Å²) in [6.45, 7) is 0. The molecule has 0 bridgehead atoms. The smallest absolute Gasteiger partial charge is 0.326 e. The number of phenolic OH excluding ortho intramolecular Hbond substituents is 1. The van der Waals surface area contributed by atoms with Gasteiger partial charge in [-0.1, -0.05) is 41.1 Å². The highest BCUT2D eigenvalue weighted by Gasteiger charge is 2.32. The van der Waals surface area contributed by atoms with Crippen LogP contribution in [0.25, 0.3) is 27.8 Å². The second-order valence-electron chi connectivity index (χ2n) is 9.53. The van der Waals surface area contributed by atoms with Crippen LogP contribution in [0.3, 0.4) is 0 Å². The fourth-order valence-corrected chi connectivity index (χ4v) is 5.80. The summed E-state index contributed by atoms with van der Waals surface area (Å²) in [5.41, 5.74) is 3.19. The Hall–Kier alpha value is -4.74. The number of fused-ring (bicyclic) bond motifs is 2. The predicted octanol–water partition coefficient (Wildman–Crippen LogP) is 5.43. The minimum Gasteiger partial charge on any atom is -0.508 e. The standard InChI is InChI=1S/C29H23ClN6O4S/c30-18-7-12-22-24(15-18)41-29(33-22)31-19-8-5-17(6-9-19)25-34-35-26-21(2-1-13-36(25)26)27(38)32-23(28(39)40)14-16-3-10-20(37)11-4-16/h1,3-13,15,21,23,37H,2,14H2,(H,31,33)(H,32,38)(H,39,40)/t21?,23-/m1/s1. The zero-order chi connectivity index (χ0) is 28.5. The molecule has 41 heavy (non-hydrogen) atoms. The largest absolute Gasteiger partial charge is 0.508 e. The van der Waals surface area contributed by atoms with Crippen LogP contribution >= 0.6 is 22.9 Å². The number of halogens is 1. The number of rotatable bonds is 8. The van der Waals surface area contributed by atoms with Crippen molar-refractivity contribution in [3.63, 3.8) is 0 Å². The van der Waals surface area contributed by atoms with Crippen molar-refractivity contribution in [1.82, 2.24) is 25.1 Å². The Morgan fingerprint density at radius 2 is 1.85 bits per heavy atom. The van der Waals surface area contributed by atoms with Gasteiger partial charge in [0.25, 0.3) is 0 Å². The molecule has 0 saturated heterocycles. The molecule has 2 aromatic heterocycles. The Morgan fingerprint density at radius 1 is 1.07 bits per heavy atom. The Balaban J connectivity index is 1.17. The maximum absolute atomic E-state index is 13.2. The molecule has 0 saturated carbocycles. The number of carbonyl (C=O) groups is 2. The van der Waals surface area contributed by atoms with Gasteiger partial charge < -0.3 is 20.8 Å². The van der Waals surface area contributed by atoms with Gasteiger partial charge in [0, 0.05) is 28.9 Å². The van der Waals surface area contributed by atoms with Crippen LogP contribution in [0, 0.1) is 0 Å². The fourth-order valence-electron chi connectivity index (χ4n) is 4.64. The summed E-state index contributed by atoms with van der Waals surface area (Å²) in [5.74, 6) is -1.21. The zero-order valence-electron chi connectivity index (χ0n) is 21.4. The molecule has 1 unspecified atom stereocenters. The third-order valence-electron chi connectivity index (χ3n) is 6.71. The summed E-state index contributed by atoms with van der Waals surface area (Å²) >= 11 is 7.60. The molecule has 1 aliphatic rings. The van der Waals surface area contributed by atoms with Gasteiger partial charge in [-0.2, -0.15) is 0 Å². The number of benzene rings is 3. The molecule has 12 heteroatoms. The van der Waals surface area contributed by atoms with Crippen molar-refractivity contribution in [2.45, 2.75) is 24.8 Å². The number of phenols is 1. The second kappa shape index (κ2) is 11.0. The average Bonchev–Trinajstić information content (AvgIpc) is 3.57. The average molecular weight is 587 g/mol. The molecule has 3 heterocycles. The first kappa shape index (κ1) is 26.5. The molecular weight excluding hydrogens is 564 g/mol. The molecule has 206 valence electrons. The van der Waals surface area contributed by atoms with E-state index in [2.05, 4.69) is 25.8 Å². The summed E-state index contributed by atoms with van der Waals surface area (Å²) in [5, 5.41) is 35.2. The van der Waals surface area contributed by atoms with Gasteiger partial charge in [0.15, 0.2) is 11.0 Å². The first-order chi connectivity index (χ1) is 19.8. The van der Waals surface area contributed by atoms with Crippen LogP contribution in [-0.2, 0) is 16.0 Å². The number of anilines is 2. The molecule has 1 amide bonds. The van der Waals surface area contributed by atoms with Gasteiger partial charge in [-0.05, 0) is 66.6 Å². The molecule has 6 rings (SSSR count). The summed E-state index contributed by atoms with van der Waals surface area (Å²) in [7, 11) is 0. The normalized spacial score (nSPS) is 14.9. The molecule has 3 aromatic carbocycles. The Morgan fingerprint density at radius 3 is 2.61 bits per heavy atom. The summed E-state index contributed by atoms with van der Waals surface area (Å²) < 4.78 is 2.75. The van der Waals surface area contributed by atoms with E-state index in [9.17, 15) is 19.8 Å². The number of thiazole rings is 1. The number of hydrogen-bond donors (Lipinski definition) is 4. The topological polar surface area (TPSA) is 142 Å². The summed E-state index contributed by atoms with van der Waals surface area (Å²) in [6, 6.07) is 18.3. The van der Waals surface area contributed by atoms with Gasteiger partial charge >= 0.3 is 5.97 Å². The number of aliphatic carboxylic acids is 1. The van der Waals surface area contributed by atoms with Crippen molar-refractivity contribution in [2.75, 3.05) is 5.32 Å². The summed E-state index contributed by atoms with van der Waals surface area (Å²) in [6.07, 6.45) is 4.10. The highest BCUT2D eigenvalue weighted by Crippen LogP contribution is 2.32. The fraction of sp³-hybridized carbons (Fsp3) is 0.138. The van der Waals surface area contributed by atoms with Gasteiger partial charge in [-0.25, -0.2) is 9.78 Å². The molecule has 0 fully saturated rings. The van der Waals surface area contributed by atoms with Gasteiger partial charge in [0.05, 0.1) is 10.2 Å². The molecule has 0 spiro atoms. The van der Waals surface area contributed by atoms with Gasteiger partial charge in [-0.15, -0.1) is 10.2 Å². The molecular formula is C29H23ClN6O4S. The Kier molecular flexibility index (Phi) is 7.12. The van der Waals surface area contributed by atoms with E-state index in [1.54, 1.807) is 16.7 Å². The number of amides is 1. The van der Waals surface area contributed by atoms with Gasteiger partial charge in [0.1, 0.15) is 23.5 Å². The number of nitrogens with zero attached hydrogens (tertiary/aromatic N) is 4. The lowest BCUT2D eigenvalue weighted by molar-refractivity contribution is -0.142. The monoisotopic (exact) mass is 586 g/mol. The van der Waals surface area contributed by atoms with Crippen molar-refractivity contribution in [3.05, 3.63) is 89.2 Å². The van der Waals surface area contributed by atoms with Crippen LogP contribution in [0.1, 0.15) is 23.7 Å². The third-order valence-corrected chi connectivity index (χ3v) is 7.88. The molecule has 0 aliphatic carbocycles. The highest BCUT2D eigenvalue weighted by atomic mass is 35.5. The SMILES string of the molecule is O=C(N[C@H](Cc1ccc(O)cc1)C(=O)O)C1CC=Cn2c(-c3ccc(Nc4nc5ccc(Cl)cc5s4)cc3)nnc21. The van der Waals surface area contributed by atoms with E-state index < -0.39 is 23.8 Å². The van der Waals surface area contributed by atoms with E-state index in [0.29, 0.717) is 28.7 Å². The Labute approximate surface area is 243 Å². The minimum atomic E-state index is -1.15. The predicted molar refractivity (Wildman–Crippen MR) is 157 cm³/mol. The summed E-state index contributed by atoms with van der Waals surface area (Å²) in [4.78, 5) is 29.7. The van der Waals surface area contributed by atoms with Crippen LogP contribution in [0.4, 0.5) is 10.8 Å². The van der Waals surface area contributed by atoms with Gasteiger partial charge in [0.2, 0.25) is 5.91 Å². The number of hydrogen-bond acceptors (Lipinski definition) is 8. The first-order valence-corrected chi connectivity index (χ1v) is 13.9. The maximum Gasteiger partial charge on any atom is 0.326 e. The Bertz CT molecular complexity index is 1780. The van der Waals surface area contributed by atoms with E-state index in [0.717, 1.165) is 26.6 Å². The number of carboxylic acids is 1. The number of nitrogens with one attached hydrogen (secondary N) is 2. The quantitative estimate of drug-likeness (QED) is 0.189. The van der Waals surface area contributed by atoms with Crippen LogP contribution < -0.4 is 10.6 Å². The minimum absolute atomic E-state index is 0.0764. The second-order valence-corrected chi connectivity index (χ2v) is 11.0. The third kappa shape index (κ3) is 5.63. The van der Waals surface area contributed by atoms with Crippen molar-refractivity contribution >= 4 is 62.0 Å². The number of aromatic hydroxyl groups is 1. The molecule has 1 aliphatic heterocycles. The van der Waals surface area contributed by atoms with Gasteiger partial charge in [-0.3, -0.25) is 9.36 Å². The molecule has 10 nitrogen and oxygen atoms in total. The van der Waals surface area contributed by atoms with Crippen LogP contribution in [0.2, 0.25) is 5.02 Å². The lowest BCUT2D eigenvalue weighted by atomic mass is 9.99. The van der Waals surface area contributed by atoms with Crippen molar-refractivity contribution in [1.29, 1.82) is 0 Å². The molecule has 4 N–H and O–H groups in total. The van der Waals surface area contributed by atoms with Crippen molar-refractivity contribution in [2.24, 2.45) is 0 Å². The molecule has 0 radical (unpaired) electrons. The lowest BCUT2D eigenvalue weighted by Gasteiger charge is -2.21. The van der Waals surface area contributed by atoms with E-state index in [-0.39, 0.29) is 12.2 Å². The number of allylic oxidation sites excluding steroid dienone is 1. The number of aromatic nitrogens is 4. The highest BCUT2D eigenvalue weighted by molar-refractivity contribution is 7.22.